The van der Waals surface area contributed by atoms with Crippen LogP contribution in [0.2, 0.25) is 0 Å². The van der Waals surface area contributed by atoms with Gasteiger partial charge in [-0.3, -0.25) is 4.98 Å². The van der Waals surface area contributed by atoms with Gasteiger partial charge >= 0.3 is 12.0 Å². The van der Waals surface area contributed by atoms with Crippen LogP contribution in [0.3, 0.4) is 0 Å². The maximum Gasteiger partial charge on any atom is 0.326 e. The number of aromatic nitrogens is 1. The zero-order chi connectivity index (χ0) is 15.1. The second-order valence-electron chi connectivity index (χ2n) is 4.36. The molecule has 0 saturated carbocycles. The topological polar surface area (TPSA) is 91.3 Å². The summed E-state index contributed by atoms with van der Waals surface area (Å²) in [6.45, 7) is 3.64. The van der Waals surface area contributed by atoms with E-state index in [1.54, 1.807) is 19.1 Å². The van der Waals surface area contributed by atoms with E-state index in [2.05, 4.69) is 15.6 Å². The van der Waals surface area contributed by atoms with Crippen molar-refractivity contribution < 1.29 is 14.7 Å². The molecule has 3 N–H and O–H groups in total. The molecule has 7 heteroatoms. The van der Waals surface area contributed by atoms with Crippen molar-refractivity contribution in [3.05, 3.63) is 23.5 Å². The van der Waals surface area contributed by atoms with Crippen molar-refractivity contribution in [1.29, 1.82) is 0 Å². The number of thioether (sulfide) groups is 1. The van der Waals surface area contributed by atoms with Gasteiger partial charge in [0.15, 0.2) is 0 Å². The third kappa shape index (κ3) is 5.08. The normalized spacial score (nSPS) is 11.8. The molecule has 0 aliphatic heterocycles. The summed E-state index contributed by atoms with van der Waals surface area (Å²) in [5.74, 6) is -0.365. The largest absolute Gasteiger partial charge is 0.480 e. The summed E-state index contributed by atoms with van der Waals surface area (Å²) in [6, 6.07) is 2.10. The third-order valence-corrected chi connectivity index (χ3v) is 3.33. The quantitative estimate of drug-likeness (QED) is 0.747. The van der Waals surface area contributed by atoms with Gasteiger partial charge in [0.1, 0.15) is 6.04 Å². The SMILES string of the molecule is CSCCC(NC(=O)Nc1ccc(C)nc1C)C(=O)O. The molecule has 6 nitrogen and oxygen atoms in total. The molecule has 20 heavy (non-hydrogen) atoms. The molecule has 0 spiro atoms. The van der Waals surface area contributed by atoms with Crippen LogP contribution in [0.1, 0.15) is 17.8 Å². The molecule has 0 aliphatic carbocycles. The Bertz CT molecular complexity index is 494. The second-order valence-corrected chi connectivity index (χ2v) is 5.34. The zero-order valence-electron chi connectivity index (χ0n) is 11.8. The Morgan fingerprint density at radius 3 is 2.65 bits per heavy atom. The number of carbonyl (C=O) groups excluding carboxylic acids is 1. The number of rotatable bonds is 6. The highest BCUT2D eigenvalue weighted by atomic mass is 32.2. The fourth-order valence-corrected chi connectivity index (χ4v) is 2.10. The number of urea groups is 1. The van der Waals surface area contributed by atoms with E-state index >= 15 is 0 Å². The van der Waals surface area contributed by atoms with E-state index < -0.39 is 18.0 Å². The smallest absolute Gasteiger partial charge is 0.326 e. The fourth-order valence-electron chi connectivity index (χ4n) is 1.63. The molecule has 0 saturated heterocycles. The molecule has 110 valence electrons. The molecule has 0 radical (unpaired) electrons. The molecular formula is C13H19N3O3S. The molecule has 0 aliphatic rings. The van der Waals surface area contributed by atoms with E-state index in [-0.39, 0.29) is 0 Å². The molecule has 1 heterocycles. The number of aryl methyl sites for hydroxylation is 2. The van der Waals surface area contributed by atoms with E-state index in [0.717, 1.165) is 5.69 Å². The van der Waals surface area contributed by atoms with Gasteiger partial charge in [0.25, 0.3) is 0 Å². The average Bonchev–Trinajstić information content (AvgIpc) is 2.37. The number of carboxylic acid groups (broad SMARTS) is 1. The van der Waals surface area contributed by atoms with E-state index in [9.17, 15) is 9.59 Å². The molecule has 1 atom stereocenters. The summed E-state index contributed by atoms with van der Waals surface area (Å²) in [5, 5.41) is 14.1. The zero-order valence-corrected chi connectivity index (χ0v) is 12.6. The number of carboxylic acids is 1. The minimum Gasteiger partial charge on any atom is -0.480 e. The molecule has 0 aromatic carbocycles. The highest BCUT2D eigenvalue weighted by Gasteiger charge is 2.19. The highest BCUT2D eigenvalue weighted by Crippen LogP contribution is 2.12. The number of anilines is 1. The molecule has 1 aromatic heterocycles. The first-order valence-electron chi connectivity index (χ1n) is 6.17. The van der Waals surface area contributed by atoms with E-state index in [4.69, 9.17) is 5.11 Å². The Kier molecular flexibility index (Phi) is 6.30. The number of hydrogen-bond acceptors (Lipinski definition) is 4. The predicted octanol–water partition coefficient (Wildman–Crippen LogP) is 2.03. The number of aliphatic carboxylic acids is 1. The van der Waals surface area contributed by atoms with E-state index in [0.29, 0.717) is 23.6 Å². The van der Waals surface area contributed by atoms with Crippen molar-refractivity contribution in [3.63, 3.8) is 0 Å². The Morgan fingerprint density at radius 2 is 2.10 bits per heavy atom. The monoisotopic (exact) mass is 297 g/mol. The van der Waals surface area contributed by atoms with Crippen LogP contribution in [0, 0.1) is 13.8 Å². The predicted molar refractivity (Wildman–Crippen MR) is 80.3 cm³/mol. The van der Waals surface area contributed by atoms with Crippen molar-refractivity contribution in [3.8, 4) is 0 Å². The summed E-state index contributed by atoms with van der Waals surface area (Å²) in [6.07, 6.45) is 2.27. The van der Waals surface area contributed by atoms with Crippen molar-refractivity contribution in [2.45, 2.75) is 26.3 Å². The van der Waals surface area contributed by atoms with Gasteiger partial charge < -0.3 is 15.7 Å². The van der Waals surface area contributed by atoms with Crippen LogP contribution in [0.4, 0.5) is 10.5 Å². The molecule has 2 amide bonds. The summed E-state index contributed by atoms with van der Waals surface area (Å²) < 4.78 is 0. The fraction of sp³-hybridized carbons (Fsp3) is 0.462. The van der Waals surface area contributed by atoms with Crippen LogP contribution in [-0.2, 0) is 4.79 Å². The van der Waals surface area contributed by atoms with Gasteiger partial charge in [-0.1, -0.05) is 0 Å². The van der Waals surface area contributed by atoms with Crippen LogP contribution in [0.25, 0.3) is 0 Å². The number of carbonyl (C=O) groups is 2. The number of nitrogens with zero attached hydrogens (tertiary/aromatic N) is 1. The molecule has 1 rings (SSSR count). The number of amides is 2. The van der Waals surface area contributed by atoms with Crippen molar-refractivity contribution in [1.82, 2.24) is 10.3 Å². The van der Waals surface area contributed by atoms with Gasteiger partial charge in [-0.15, -0.1) is 0 Å². The second kappa shape index (κ2) is 7.74. The maximum atomic E-state index is 11.8. The lowest BCUT2D eigenvalue weighted by molar-refractivity contribution is -0.139. The van der Waals surface area contributed by atoms with Crippen LogP contribution in [0.15, 0.2) is 12.1 Å². The molecule has 1 unspecified atom stereocenters. The Hall–Kier alpha value is -1.76. The molecular weight excluding hydrogens is 278 g/mol. The number of pyridine rings is 1. The first-order valence-corrected chi connectivity index (χ1v) is 7.57. The molecule has 0 bridgehead atoms. The minimum absolute atomic E-state index is 0.384. The van der Waals surface area contributed by atoms with Crippen molar-refractivity contribution in [2.75, 3.05) is 17.3 Å². The molecule has 0 fully saturated rings. The van der Waals surface area contributed by atoms with E-state index in [1.165, 1.54) is 11.8 Å². The summed E-state index contributed by atoms with van der Waals surface area (Å²) in [5.41, 5.74) is 2.12. The highest BCUT2D eigenvalue weighted by molar-refractivity contribution is 7.98. The van der Waals surface area contributed by atoms with Gasteiger partial charge in [-0.25, -0.2) is 9.59 Å². The van der Waals surface area contributed by atoms with Crippen LogP contribution in [-0.4, -0.2) is 40.1 Å². The standard InChI is InChI=1S/C13H19N3O3S/c1-8-4-5-10(9(2)14-8)15-13(19)16-11(12(17)18)6-7-20-3/h4-5,11H,6-7H2,1-3H3,(H,17,18)(H2,15,16,19). The van der Waals surface area contributed by atoms with Crippen LogP contribution < -0.4 is 10.6 Å². The van der Waals surface area contributed by atoms with Gasteiger partial charge in [-0.05, 0) is 44.4 Å². The van der Waals surface area contributed by atoms with Crippen molar-refractivity contribution in [2.24, 2.45) is 0 Å². The van der Waals surface area contributed by atoms with Gasteiger partial charge in [-0.2, -0.15) is 11.8 Å². The molecule has 1 aromatic rings. The first kappa shape index (κ1) is 16.3. The minimum atomic E-state index is -1.03. The van der Waals surface area contributed by atoms with Crippen LogP contribution in [0.5, 0.6) is 0 Å². The Morgan fingerprint density at radius 1 is 1.40 bits per heavy atom. The average molecular weight is 297 g/mol. The number of nitrogens with one attached hydrogen (secondary N) is 2. The first-order chi connectivity index (χ1) is 9.43. The third-order valence-electron chi connectivity index (χ3n) is 2.69. The van der Waals surface area contributed by atoms with Gasteiger partial charge in [0.05, 0.1) is 11.4 Å². The van der Waals surface area contributed by atoms with Crippen LogP contribution >= 0.6 is 11.8 Å². The van der Waals surface area contributed by atoms with E-state index in [1.807, 2.05) is 13.2 Å². The van der Waals surface area contributed by atoms with Crippen molar-refractivity contribution >= 4 is 29.4 Å². The number of hydrogen-bond donors (Lipinski definition) is 3. The van der Waals surface area contributed by atoms with Gasteiger partial charge in [0, 0.05) is 5.69 Å². The summed E-state index contributed by atoms with van der Waals surface area (Å²) in [7, 11) is 0. The lowest BCUT2D eigenvalue weighted by Crippen LogP contribution is -2.43. The summed E-state index contributed by atoms with van der Waals surface area (Å²) in [4.78, 5) is 27.1. The van der Waals surface area contributed by atoms with Gasteiger partial charge in [0.2, 0.25) is 0 Å². The lowest BCUT2D eigenvalue weighted by atomic mass is 10.2. The summed E-state index contributed by atoms with van der Waals surface area (Å²) >= 11 is 1.54. The Balaban J connectivity index is 2.63. The lowest BCUT2D eigenvalue weighted by Gasteiger charge is -2.15. The maximum absolute atomic E-state index is 11.8. The Labute approximate surface area is 122 Å².